The van der Waals surface area contributed by atoms with Crippen LogP contribution in [0.4, 0.5) is 10.2 Å². The fourth-order valence-electron chi connectivity index (χ4n) is 7.77. The van der Waals surface area contributed by atoms with Crippen LogP contribution in [0.5, 0.6) is 11.8 Å². The molecule has 1 unspecified atom stereocenters. The number of aromatic nitrogens is 2. The minimum Gasteiger partial charge on any atom is -0.508 e. The molecule has 0 saturated heterocycles. The Morgan fingerprint density at radius 3 is 2.56 bits per heavy atom. The number of fused-ring (bicyclic) bond motifs is 2. The third kappa shape index (κ3) is 9.82. The third-order valence-electron chi connectivity index (χ3n) is 10.6. The topological polar surface area (TPSA) is 129 Å². The minimum atomic E-state index is -0.285. The lowest BCUT2D eigenvalue weighted by atomic mass is 9.81. The number of rotatable bonds is 16. The van der Waals surface area contributed by atoms with E-state index < -0.39 is 0 Å². The van der Waals surface area contributed by atoms with Gasteiger partial charge in [0.05, 0.1) is 42.4 Å². The molecule has 3 aromatic rings. The summed E-state index contributed by atoms with van der Waals surface area (Å²) >= 11 is 0. The Morgan fingerprint density at radius 2 is 1.87 bits per heavy atom. The Balaban J connectivity index is 1.77. The van der Waals surface area contributed by atoms with Crippen molar-refractivity contribution in [2.24, 2.45) is 21.1 Å². The summed E-state index contributed by atoms with van der Waals surface area (Å²) in [5.41, 5.74) is 12.2. The minimum absolute atomic E-state index is 0.0344. The Kier molecular flexibility index (Phi) is 14.3. The Bertz CT molecular complexity index is 2000. The van der Waals surface area contributed by atoms with E-state index in [0.717, 1.165) is 83.9 Å². The smallest absolute Gasteiger partial charge is 0.318 e. The quantitative estimate of drug-likeness (QED) is 0.124. The first-order valence-electron chi connectivity index (χ1n) is 20.3. The molecule has 296 valence electrons. The van der Waals surface area contributed by atoms with Crippen LogP contribution in [0, 0.1) is 11.2 Å². The summed E-state index contributed by atoms with van der Waals surface area (Å²) in [5, 5.41) is 22.3. The number of halogens is 1. The van der Waals surface area contributed by atoms with E-state index in [9.17, 15) is 10.2 Å². The fraction of sp³-hybridized carbons (Fsp3) is 0.511. The van der Waals surface area contributed by atoms with Crippen molar-refractivity contribution in [3.05, 3.63) is 70.3 Å². The summed E-state index contributed by atoms with van der Waals surface area (Å²) in [6, 6.07) is 6.80. The number of anilines is 1. The summed E-state index contributed by atoms with van der Waals surface area (Å²) in [4.78, 5) is 22.5. The summed E-state index contributed by atoms with van der Waals surface area (Å²) in [6.07, 6.45) is 14.9. The number of aliphatic hydroxyl groups excluding tert-OH is 1. The first kappa shape index (κ1) is 41.6. The second-order valence-corrected chi connectivity index (χ2v) is 15.6. The highest BCUT2D eigenvalue weighted by Crippen LogP contribution is 2.44. The van der Waals surface area contributed by atoms with Gasteiger partial charge in [0.15, 0.2) is 0 Å². The van der Waals surface area contributed by atoms with Crippen molar-refractivity contribution < 1.29 is 19.3 Å². The highest BCUT2D eigenvalue weighted by Gasteiger charge is 2.33. The zero-order valence-corrected chi connectivity index (χ0v) is 34.0. The van der Waals surface area contributed by atoms with E-state index in [4.69, 9.17) is 30.4 Å². The average Bonchev–Trinajstić information content (AvgIpc) is 3.40. The molecule has 1 aromatic heterocycles. The van der Waals surface area contributed by atoms with Crippen molar-refractivity contribution in [3.63, 3.8) is 0 Å². The number of nitrogens with zero attached hydrogens (tertiary/aromatic N) is 5. The van der Waals surface area contributed by atoms with Gasteiger partial charge >= 0.3 is 6.01 Å². The van der Waals surface area contributed by atoms with Crippen molar-refractivity contribution >= 4 is 45.2 Å². The first-order valence-corrected chi connectivity index (χ1v) is 20.3. The number of benzene rings is 2. The maximum absolute atomic E-state index is 15.5. The van der Waals surface area contributed by atoms with Gasteiger partial charge in [0.25, 0.3) is 0 Å². The zero-order valence-electron chi connectivity index (χ0n) is 34.0. The number of aliphatic hydroxyl groups is 1. The summed E-state index contributed by atoms with van der Waals surface area (Å²) in [5.74, 6) is 0.502. The Labute approximate surface area is 327 Å². The van der Waals surface area contributed by atoms with Gasteiger partial charge in [-0.3, -0.25) is 9.98 Å². The van der Waals surface area contributed by atoms with Gasteiger partial charge in [0.2, 0.25) is 0 Å². The van der Waals surface area contributed by atoms with E-state index in [-0.39, 0.29) is 35.6 Å². The number of hydrogen-bond donors (Lipinski definition) is 3. The number of nitrogens with two attached hydrogens (primary N) is 1. The number of ether oxygens (including phenoxy) is 1. The number of phenols is 1. The Morgan fingerprint density at radius 1 is 1.11 bits per heavy atom. The number of aryl methyl sites for hydroxylation is 1. The van der Waals surface area contributed by atoms with Crippen LogP contribution in [0.25, 0.3) is 28.0 Å². The van der Waals surface area contributed by atoms with Gasteiger partial charge < -0.3 is 25.6 Å². The number of phenolic OH excluding ortho intramolecular Hbond substituents is 1. The molecule has 0 spiro atoms. The molecule has 4 N–H and O–H groups in total. The Hall–Kier alpha value is -4.57. The van der Waals surface area contributed by atoms with Crippen molar-refractivity contribution in [2.75, 3.05) is 37.7 Å². The van der Waals surface area contributed by atoms with Crippen molar-refractivity contribution in [1.82, 2.24) is 9.97 Å². The number of hydrogen-bond acceptors (Lipinski definition) is 9. The van der Waals surface area contributed by atoms with E-state index >= 15 is 4.39 Å². The summed E-state index contributed by atoms with van der Waals surface area (Å²) in [6.45, 7) is 16.7. The summed E-state index contributed by atoms with van der Waals surface area (Å²) < 4.78 is 22.2. The molecule has 2 aliphatic rings. The van der Waals surface area contributed by atoms with E-state index in [2.05, 4.69) is 25.7 Å². The van der Waals surface area contributed by atoms with E-state index in [1.807, 2.05) is 39.8 Å². The van der Waals surface area contributed by atoms with Gasteiger partial charge in [0.1, 0.15) is 17.4 Å². The van der Waals surface area contributed by atoms with Crippen LogP contribution < -0.4 is 15.4 Å². The monoisotopic (exact) mass is 752 g/mol. The predicted molar refractivity (Wildman–Crippen MR) is 227 cm³/mol. The second-order valence-electron chi connectivity index (χ2n) is 15.6. The molecule has 0 radical (unpaired) electrons. The van der Waals surface area contributed by atoms with Crippen molar-refractivity contribution in [1.29, 1.82) is 0 Å². The van der Waals surface area contributed by atoms with Gasteiger partial charge in [-0.05, 0) is 98.7 Å². The predicted octanol–water partition coefficient (Wildman–Crippen LogP) is 9.49. The van der Waals surface area contributed by atoms with Crippen LogP contribution in [-0.4, -0.2) is 70.5 Å². The lowest BCUT2D eigenvalue weighted by Crippen LogP contribution is -2.32. The molecule has 55 heavy (non-hydrogen) atoms. The normalized spacial score (nSPS) is 17.7. The lowest BCUT2D eigenvalue weighted by molar-refractivity contribution is 0.126. The molecule has 10 heteroatoms. The molecule has 0 fully saturated rings. The molecule has 9 nitrogen and oxygen atoms in total. The van der Waals surface area contributed by atoms with Crippen LogP contribution in [0.1, 0.15) is 122 Å². The molecule has 2 aromatic carbocycles. The molecule has 0 bridgehead atoms. The zero-order chi connectivity index (χ0) is 39.7. The highest BCUT2D eigenvalue weighted by atomic mass is 19.1. The van der Waals surface area contributed by atoms with E-state index in [1.54, 1.807) is 24.3 Å². The summed E-state index contributed by atoms with van der Waals surface area (Å²) in [7, 11) is 0. The molecule has 1 aliphatic carbocycles. The van der Waals surface area contributed by atoms with Crippen molar-refractivity contribution in [3.8, 4) is 11.8 Å². The highest BCUT2D eigenvalue weighted by molar-refractivity contribution is 6.50. The molecule has 0 saturated carbocycles. The number of aliphatic imine (C=N–C) groups is 2. The third-order valence-corrected chi connectivity index (χ3v) is 10.6. The van der Waals surface area contributed by atoms with E-state index in [0.29, 0.717) is 61.0 Å². The molecule has 1 aliphatic heterocycles. The van der Waals surface area contributed by atoms with Gasteiger partial charge in [-0.25, -0.2) is 4.39 Å². The first-order chi connectivity index (χ1) is 26.4. The number of allylic oxidation sites excluding steroid dienone is 3. The largest absolute Gasteiger partial charge is 0.508 e. The van der Waals surface area contributed by atoms with E-state index in [1.165, 1.54) is 12.5 Å². The van der Waals surface area contributed by atoms with Crippen LogP contribution in [0.2, 0.25) is 0 Å². The molecular formula is C45H61FN6O3. The van der Waals surface area contributed by atoms with Gasteiger partial charge in [-0.1, -0.05) is 71.9 Å². The van der Waals surface area contributed by atoms with Gasteiger partial charge in [-0.15, -0.1) is 0 Å². The number of aromatic hydroxyl groups is 1. The fourth-order valence-corrected chi connectivity index (χ4v) is 7.77. The average molecular weight is 753 g/mol. The maximum atomic E-state index is 15.5. The molecular weight excluding hydrogens is 692 g/mol. The lowest BCUT2D eigenvalue weighted by Gasteiger charge is -2.32. The molecule has 5 rings (SSSR count). The van der Waals surface area contributed by atoms with Gasteiger partial charge in [-0.2, -0.15) is 9.97 Å². The second kappa shape index (κ2) is 18.8. The maximum Gasteiger partial charge on any atom is 0.318 e. The SMILES string of the molecule is C/C=C1\C(=NC(C)C)C(c2cc(O)cc3ccc(F)c(CC)c23)=Cc2nc(OCC(C)(CCCC)CCCCC)nc(N3CCCN=C(/C=C(\N)CO)C3)c21. The molecule has 0 amide bonds. The van der Waals surface area contributed by atoms with Crippen molar-refractivity contribution in [2.45, 2.75) is 112 Å². The van der Waals surface area contributed by atoms with Crippen LogP contribution in [0.15, 0.2) is 52.1 Å². The van der Waals surface area contributed by atoms with Crippen LogP contribution >= 0.6 is 0 Å². The molecule has 1 atom stereocenters. The molecule has 2 heterocycles. The van der Waals surface area contributed by atoms with Crippen LogP contribution in [-0.2, 0) is 6.42 Å². The van der Waals surface area contributed by atoms with Crippen LogP contribution in [0.3, 0.4) is 0 Å². The standard InChI is InChI=1S/C45H61FN6O3/c1-8-12-14-19-45(7,18-13-9-2)28-55-44-50-39-25-37(36-24-33(54)22-30-16-17-38(46)34(10-3)40(30)36)42(49-29(5)6)35(11-4)41(39)43(51-44)52-21-15-20-48-32(26-52)23-31(47)27-53/h11,16-17,22-25,29,53-54H,8-10,12-15,18-21,26-28,47H2,1-7H3/b31-23-,35-11-,49-42?. The number of unbranched alkanes of at least 4 members (excludes halogenated alkanes) is 3. The van der Waals surface area contributed by atoms with Gasteiger partial charge in [0, 0.05) is 41.4 Å².